The van der Waals surface area contributed by atoms with Crippen molar-refractivity contribution in [1.29, 1.82) is 0 Å². The van der Waals surface area contributed by atoms with Gasteiger partial charge in [-0.2, -0.15) is 0 Å². The molecule has 0 saturated heterocycles. The molecule has 4 nitrogen and oxygen atoms in total. The van der Waals surface area contributed by atoms with E-state index in [1.165, 1.54) is 17.1 Å². The second-order valence-corrected chi connectivity index (χ2v) is 4.56. The highest BCUT2D eigenvalue weighted by Crippen LogP contribution is 2.19. The van der Waals surface area contributed by atoms with Gasteiger partial charge in [0.05, 0.1) is 6.54 Å². The maximum absolute atomic E-state index is 5.76. The van der Waals surface area contributed by atoms with Gasteiger partial charge in [0.15, 0.2) is 0 Å². The molecular formula is C11H14N4S. The number of rotatable bonds is 3. The van der Waals surface area contributed by atoms with E-state index in [0.29, 0.717) is 11.5 Å². The lowest BCUT2D eigenvalue weighted by Crippen LogP contribution is -2.17. The van der Waals surface area contributed by atoms with Gasteiger partial charge < -0.3 is 10.6 Å². The van der Waals surface area contributed by atoms with Crippen LogP contribution in [0, 0.1) is 6.92 Å². The second-order valence-electron chi connectivity index (χ2n) is 3.78. The number of anilines is 2. The molecule has 2 N–H and O–H groups in total. The topological polar surface area (TPSA) is 55.0 Å². The standard InChI is InChI=1S/C11H14N4S/c1-8-3-5-9(6-4-8)15(2)7-10-11(12)16-14-13-10/h3-6H,7,12H2,1-2H3. The zero-order chi connectivity index (χ0) is 11.5. The van der Waals surface area contributed by atoms with Crippen LogP contribution in [0.25, 0.3) is 0 Å². The molecule has 0 spiro atoms. The van der Waals surface area contributed by atoms with E-state index < -0.39 is 0 Å². The fourth-order valence-corrected chi connectivity index (χ4v) is 1.88. The maximum Gasteiger partial charge on any atom is 0.132 e. The Hall–Kier alpha value is -1.62. The van der Waals surface area contributed by atoms with Gasteiger partial charge in [0, 0.05) is 24.3 Å². The summed E-state index contributed by atoms with van der Waals surface area (Å²) in [6.07, 6.45) is 0. The first kappa shape index (κ1) is 10.9. The van der Waals surface area contributed by atoms with Gasteiger partial charge in [-0.05, 0) is 19.1 Å². The number of benzene rings is 1. The van der Waals surface area contributed by atoms with Crippen LogP contribution in [0.2, 0.25) is 0 Å². The van der Waals surface area contributed by atoms with E-state index in [0.717, 1.165) is 11.4 Å². The van der Waals surface area contributed by atoms with E-state index in [4.69, 9.17) is 5.73 Å². The Kier molecular flexibility index (Phi) is 3.05. The van der Waals surface area contributed by atoms with Crippen LogP contribution >= 0.6 is 11.5 Å². The second kappa shape index (κ2) is 4.49. The molecule has 0 amide bonds. The Morgan fingerprint density at radius 3 is 2.56 bits per heavy atom. The van der Waals surface area contributed by atoms with Crippen LogP contribution in [0.15, 0.2) is 24.3 Å². The number of nitrogens with zero attached hydrogens (tertiary/aromatic N) is 3. The van der Waals surface area contributed by atoms with Gasteiger partial charge in [-0.1, -0.05) is 22.2 Å². The zero-order valence-electron chi connectivity index (χ0n) is 9.34. The molecule has 0 bridgehead atoms. The number of hydrogen-bond acceptors (Lipinski definition) is 5. The Morgan fingerprint density at radius 1 is 1.31 bits per heavy atom. The first-order chi connectivity index (χ1) is 7.66. The first-order valence-electron chi connectivity index (χ1n) is 5.01. The summed E-state index contributed by atoms with van der Waals surface area (Å²) in [4.78, 5) is 2.10. The van der Waals surface area contributed by atoms with Crippen molar-refractivity contribution in [2.75, 3.05) is 17.7 Å². The van der Waals surface area contributed by atoms with Crippen molar-refractivity contribution >= 4 is 22.2 Å². The van der Waals surface area contributed by atoms with Gasteiger partial charge in [0.2, 0.25) is 0 Å². The Bertz CT molecular complexity index is 463. The third-order valence-corrected chi connectivity index (χ3v) is 3.04. The Labute approximate surface area is 98.9 Å². The Morgan fingerprint density at radius 2 is 2.00 bits per heavy atom. The molecule has 0 aliphatic heterocycles. The van der Waals surface area contributed by atoms with E-state index in [-0.39, 0.29) is 0 Å². The van der Waals surface area contributed by atoms with Crippen molar-refractivity contribution in [1.82, 2.24) is 9.59 Å². The number of aryl methyl sites for hydroxylation is 1. The number of nitrogens with two attached hydrogens (primary N) is 1. The molecule has 2 rings (SSSR count). The summed E-state index contributed by atoms with van der Waals surface area (Å²) >= 11 is 1.23. The molecule has 1 aromatic heterocycles. The van der Waals surface area contributed by atoms with Gasteiger partial charge >= 0.3 is 0 Å². The molecular weight excluding hydrogens is 220 g/mol. The molecule has 84 valence electrons. The molecule has 0 aliphatic rings. The van der Waals surface area contributed by atoms with Crippen LogP contribution in [0.1, 0.15) is 11.3 Å². The third-order valence-electron chi connectivity index (χ3n) is 2.45. The lowest BCUT2D eigenvalue weighted by atomic mass is 10.2. The largest absolute Gasteiger partial charge is 0.388 e. The fourth-order valence-electron chi connectivity index (χ4n) is 1.44. The predicted octanol–water partition coefficient (Wildman–Crippen LogP) is 2.07. The molecule has 0 radical (unpaired) electrons. The molecule has 0 unspecified atom stereocenters. The van der Waals surface area contributed by atoms with Crippen LogP contribution in [0.3, 0.4) is 0 Å². The van der Waals surface area contributed by atoms with Crippen molar-refractivity contribution < 1.29 is 0 Å². The van der Waals surface area contributed by atoms with E-state index >= 15 is 0 Å². The van der Waals surface area contributed by atoms with Crippen LogP contribution in [-0.2, 0) is 6.54 Å². The average molecular weight is 234 g/mol. The van der Waals surface area contributed by atoms with Crippen molar-refractivity contribution in [3.8, 4) is 0 Å². The van der Waals surface area contributed by atoms with Crippen molar-refractivity contribution in [3.63, 3.8) is 0 Å². The molecule has 0 fully saturated rings. The van der Waals surface area contributed by atoms with E-state index in [9.17, 15) is 0 Å². The number of aromatic nitrogens is 2. The minimum Gasteiger partial charge on any atom is -0.388 e. The van der Waals surface area contributed by atoms with Gasteiger partial charge in [-0.15, -0.1) is 5.10 Å². The predicted molar refractivity (Wildman–Crippen MR) is 67.6 cm³/mol. The summed E-state index contributed by atoms with van der Waals surface area (Å²) in [6.45, 7) is 2.76. The lowest BCUT2D eigenvalue weighted by molar-refractivity contribution is 0.874. The smallest absolute Gasteiger partial charge is 0.132 e. The van der Waals surface area contributed by atoms with Crippen molar-refractivity contribution in [2.24, 2.45) is 0 Å². The fraction of sp³-hybridized carbons (Fsp3) is 0.273. The molecule has 0 atom stereocenters. The molecule has 0 aliphatic carbocycles. The average Bonchev–Trinajstić information content (AvgIpc) is 2.65. The SMILES string of the molecule is Cc1ccc(N(C)Cc2nnsc2N)cc1. The summed E-state index contributed by atoms with van der Waals surface area (Å²) in [5.41, 5.74) is 9.01. The minimum absolute atomic E-state index is 0.686. The minimum atomic E-state index is 0.686. The van der Waals surface area contributed by atoms with Crippen LogP contribution in [-0.4, -0.2) is 16.6 Å². The van der Waals surface area contributed by atoms with E-state index in [1.807, 2.05) is 7.05 Å². The highest BCUT2D eigenvalue weighted by atomic mass is 32.1. The summed E-state index contributed by atoms with van der Waals surface area (Å²) in [5, 5.41) is 4.69. The highest BCUT2D eigenvalue weighted by Gasteiger charge is 2.08. The van der Waals surface area contributed by atoms with Crippen LogP contribution in [0.4, 0.5) is 10.7 Å². The molecule has 1 heterocycles. The van der Waals surface area contributed by atoms with Gasteiger partial charge in [0.1, 0.15) is 10.7 Å². The van der Waals surface area contributed by atoms with Gasteiger partial charge in [0.25, 0.3) is 0 Å². The third kappa shape index (κ3) is 2.30. The van der Waals surface area contributed by atoms with Crippen LogP contribution < -0.4 is 10.6 Å². The zero-order valence-corrected chi connectivity index (χ0v) is 10.2. The van der Waals surface area contributed by atoms with E-state index in [2.05, 4.69) is 45.7 Å². The summed E-state index contributed by atoms with van der Waals surface area (Å²) in [6, 6.07) is 8.36. The maximum atomic E-state index is 5.76. The number of nitrogen functional groups attached to an aromatic ring is 1. The van der Waals surface area contributed by atoms with Crippen molar-refractivity contribution in [2.45, 2.75) is 13.5 Å². The van der Waals surface area contributed by atoms with Gasteiger partial charge in [-0.3, -0.25) is 0 Å². The molecule has 5 heteroatoms. The molecule has 0 saturated carbocycles. The monoisotopic (exact) mass is 234 g/mol. The molecule has 16 heavy (non-hydrogen) atoms. The summed E-state index contributed by atoms with van der Waals surface area (Å²) in [5.74, 6) is 0. The quantitative estimate of drug-likeness (QED) is 0.883. The van der Waals surface area contributed by atoms with Crippen molar-refractivity contribution in [3.05, 3.63) is 35.5 Å². The number of hydrogen-bond donors (Lipinski definition) is 1. The molecule has 1 aromatic carbocycles. The first-order valence-corrected chi connectivity index (χ1v) is 5.78. The molecule has 2 aromatic rings. The Balaban J connectivity index is 2.11. The van der Waals surface area contributed by atoms with E-state index in [1.54, 1.807) is 0 Å². The highest BCUT2D eigenvalue weighted by molar-refractivity contribution is 7.09. The van der Waals surface area contributed by atoms with Crippen LogP contribution in [0.5, 0.6) is 0 Å². The lowest BCUT2D eigenvalue weighted by Gasteiger charge is -2.18. The summed E-state index contributed by atoms with van der Waals surface area (Å²) in [7, 11) is 2.02. The van der Waals surface area contributed by atoms with Gasteiger partial charge in [-0.25, -0.2) is 0 Å². The summed E-state index contributed by atoms with van der Waals surface area (Å²) < 4.78 is 3.82. The normalized spacial score (nSPS) is 10.4.